The van der Waals surface area contributed by atoms with Crippen molar-refractivity contribution in [2.24, 2.45) is 0 Å². The van der Waals surface area contributed by atoms with E-state index >= 15 is 0 Å². The van der Waals surface area contributed by atoms with Crippen LogP contribution in [0.3, 0.4) is 0 Å². The largest absolute Gasteiger partial charge is 0.454 e. The monoisotopic (exact) mass is 1070 g/mol. The van der Waals surface area contributed by atoms with Crippen LogP contribution in [0.15, 0.2) is 97.2 Å². The maximum Gasteiger partial charge on any atom is 0.306 e. The van der Waals surface area contributed by atoms with E-state index in [1.165, 1.54) is 89.9 Å². The Kier molecular flexibility index (Phi) is 48.6. The molecule has 1 amide bonds. The number of carbonyl (C=O) groups is 2. The van der Waals surface area contributed by atoms with Crippen LogP contribution in [0, 0.1) is 0 Å². The van der Waals surface area contributed by atoms with Crippen LogP contribution in [0.1, 0.15) is 239 Å². The number of allylic oxidation sites excluding steroid dienone is 15. The van der Waals surface area contributed by atoms with Gasteiger partial charge in [0.05, 0.1) is 25.4 Å². The molecule has 436 valence electrons. The zero-order valence-corrected chi connectivity index (χ0v) is 48.1. The number of amides is 1. The molecule has 11 heteroatoms. The highest BCUT2D eigenvalue weighted by Gasteiger charge is 2.47. The molecule has 0 aromatic carbocycles. The van der Waals surface area contributed by atoms with E-state index in [1.54, 1.807) is 6.08 Å². The van der Waals surface area contributed by atoms with Gasteiger partial charge in [0.15, 0.2) is 12.4 Å². The number of rotatable bonds is 50. The van der Waals surface area contributed by atoms with Gasteiger partial charge < -0.3 is 45.1 Å². The van der Waals surface area contributed by atoms with Gasteiger partial charge in [0.1, 0.15) is 24.4 Å². The van der Waals surface area contributed by atoms with E-state index < -0.39 is 67.4 Å². The normalized spacial score (nSPS) is 19.8. The first-order chi connectivity index (χ1) is 37.2. The molecule has 1 aliphatic rings. The fourth-order valence-corrected chi connectivity index (χ4v) is 8.83. The van der Waals surface area contributed by atoms with Gasteiger partial charge in [0.25, 0.3) is 0 Å². The Hall–Kier alpha value is -3.42. The smallest absolute Gasteiger partial charge is 0.306 e. The van der Waals surface area contributed by atoms with Crippen molar-refractivity contribution < 1.29 is 49.3 Å². The molecule has 8 unspecified atom stereocenters. The number of hydrogen-bond acceptors (Lipinski definition) is 10. The van der Waals surface area contributed by atoms with Crippen molar-refractivity contribution in [3.05, 3.63) is 97.2 Å². The van der Waals surface area contributed by atoms with E-state index in [0.717, 1.165) is 96.3 Å². The maximum atomic E-state index is 13.4. The number of unbranched alkanes of at least 4 members (excludes halogenated alkanes) is 22. The van der Waals surface area contributed by atoms with Gasteiger partial charge in [-0.2, -0.15) is 0 Å². The summed E-state index contributed by atoms with van der Waals surface area (Å²) < 4.78 is 17.5. The molecule has 76 heavy (non-hydrogen) atoms. The molecule has 0 radical (unpaired) electrons. The van der Waals surface area contributed by atoms with Crippen LogP contribution in [0.25, 0.3) is 0 Å². The van der Waals surface area contributed by atoms with Crippen LogP contribution in [0.5, 0.6) is 0 Å². The molecule has 8 atom stereocenters. The second-order valence-corrected chi connectivity index (χ2v) is 20.7. The van der Waals surface area contributed by atoms with Crippen LogP contribution < -0.4 is 5.32 Å². The molecule has 0 saturated carbocycles. The van der Waals surface area contributed by atoms with E-state index in [-0.39, 0.29) is 19.4 Å². The van der Waals surface area contributed by atoms with Gasteiger partial charge in [0.2, 0.25) is 5.91 Å². The third kappa shape index (κ3) is 39.9. The fourth-order valence-electron chi connectivity index (χ4n) is 8.83. The molecule has 0 aromatic rings. The Balaban J connectivity index is 2.75. The first-order valence-electron chi connectivity index (χ1n) is 30.5. The highest BCUT2D eigenvalue weighted by molar-refractivity contribution is 5.80. The van der Waals surface area contributed by atoms with Gasteiger partial charge in [-0.3, -0.25) is 9.59 Å². The van der Waals surface area contributed by atoms with Gasteiger partial charge in [0, 0.05) is 6.42 Å². The van der Waals surface area contributed by atoms with Gasteiger partial charge in [-0.15, -0.1) is 0 Å². The lowest BCUT2D eigenvalue weighted by atomic mass is 9.99. The Morgan fingerprint density at radius 1 is 0.513 bits per heavy atom. The molecule has 1 heterocycles. The number of esters is 1. The zero-order chi connectivity index (χ0) is 55.4. The van der Waals surface area contributed by atoms with Crippen LogP contribution >= 0.6 is 0 Å². The number of ether oxygens (including phenoxy) is 3. The minimum Gasteiger partial charge on any atom is -0.454 e. The van der Waals surface area contributed by atoms with Crippen molar-refractivity contribution >= 4 is 11.9 Å². The zero-order valence-electron chi connectivity index (χ0n) is 48.1. The summed E-state index contributed by atoms with van der Waals surface area (Å²) in [6.07, 6.45) is 58.7. The summed E-state index contributed by atoms with van der Waals surface area (Å²) >= 11 is 0. The average Bonchev–Trinajstić information content (AvgIpc) is 3.42. The minimum atomic E-state index is -1.64. The Bertz CT molecular complexity index is 1600. The van der Waals surface area contributed by atoms with E-state index in [9.17, 15) is 35.1 Å². The third-order valence-corrected chi connectivity index (χ3v) is 13.7. The molecule has 0 aromatic heterocycles. The highest BCUT2D eigenvalue weighted by Crippen LogP contribution is 2.26. The summed E-state index contributed by atoms with van der Waals surface area (Å²) in [6.45, 7) is 5.68. The molecule has 1 rings (SSSR count). The minimum absolute atomic E-state index is 0.0416. The summed E-state index contributed by atoms with van der Waals surface area (Å²) in [7, 11) is 0. The lowest BCUT2D eigenvalue weighted by molar-refractivity contribution is -0.305. The molecule has 1 saturated heterocycles. The summed E-state index contributed by atoms with van der Waals surface area (Å²) in [6, 6.07) is -1.05. The number of aliphatic hydroxyl groups is 5. The number of nitrogens with one attached hydrogen (secondary N) is 1. The molecule has 0 bridgehead atoms. The van der Waals surface area contributed by atoms with Crippen molar-refractivity contribution in [3.63, 3.8) is 0 Å². The van der Waals surface area contributed by atoms with Crippen molar-refractivity contribution in [1.82, 2.24) is 5.32 Å². The maximum absolute atomic E-state index is 13.4. The van der Waals surface area contributed by atoms with Crippen LogP contribution in [0.2, 0.25) is 0 Å². The van der Waals surface area contributed by atoms with E-state index in [0.29, 0.717) is 19.3 Å². The SMILES string of the molecule is CCCCC/C=C\C/C=C\C/C=C\C/C=C\CCCC(=O)OC1C(OCC(NC(=O)C(O)CCCCCCC/C=C\C/C=C\C/C=C\CCCCC)C(O)/C=C/CCCCCCCCCCCC)OC(CO)C(O)C1O. The van der Waals surface area contributed by atoms with E-state index in [1.807, 2.05) is 18.2 Å². The predicted octanol–water partition coefficient (Wildman–Crippen LogP) is 14.3. The lowest BCUT2D eigenvalue weighted by Crippen LogP contribution is -2.61. The first kappa shape index (κ1) is 70.6. The van der Waals surface area contributed by atoms with Crippen LogP contribution in [-0.2, 0) is 23.8 Å². The van der Waals surface area contributed by atoms with Gasteiger partial charge in [-0.05, 0) is 103 Å². The predicted molar refractivity (Wildman–Crippen MR) is 315 cm³/mol. The molecular formula is C65H111NO10. The summed E-state index contributed by atoms with van der Waals surface area (Å²) in [4.78, 5) is 26.5. The second-order valence-electron chi connectivity index (χ2n) is 20.7. The standard InChI is InChI=1S/C65H111NO10/c1-4-7-10-13-16-19-22-25-27-29-31-32-34-37-40-43-46-49-52-58(69)64(73)66-56(57(68)51-48-45-42-39-36-24-21-18-15-12-9-6-3)55-74-65-63(62(72)61(71)59(54-67)75-65)76-60(70)53-50-47-44-41-38-35-33-30-28-26-23-20-17-14-11-8-5-2/h16-17,19-20,25-28,31-33,35,41,44,48,51,56-59,61-63,65,67-69,71-72H,4-15,18,21-24,29-30,34,36-40,42-43,45-47,49-50,52-55H2,1-3H3,(H,66,73)/b19-16-,20-17-,27-25-,28-26-,32-31-,35-33-,44-41-,51-48+. The average molecular weight is 1070 g/mol. The number of aliphatic hydroxyl groups excluding tert-OH is 5. The molecule has 6 N–H and O–H groups in total. The summed E-state index contributed by atoms with van der Waals surface area (Å²) in [5, 5.41) is 56.9. The van der Waals surface area contributed by atoms with Crippen molar-refractivity contribution in [2.75, 3.05) is 13.2 Å². The topological polar surface area (TPSA) is 175 Å². The molecule has 0 spiro atoms. The van der Waals surface area contributed by atoms with Crippen molar-refractivity contribution in [3.8, 4) is 0 Å². The summed E-state index contributed by atoms with van der Waals surface area (Å²) in [5.41, 5.74) is 0. The van der Waals surface area contributed by atoms with E-state index in [4.69, 9.17) is 14.2 Å². The Morgan fingerprint density at radius 3 is 1.38 bits per heavy atom. The first-order valence-corrected chi connectivity index (χ1v) is 30.5. The summed E-state index contributed by atoms with van der Waals surface area (Å²) in [5.74, 6) is -1.27. The lowest BCUT2D eigenvalue weighted by Gasteiger charge is -2.41. The van der Waals surface area contributed by atoms with Crippen LogP contribution in [0.4, 0.5) is 0 Å². The Morgan fingerprint density at radius 2 is 0.908 bits per heavy atom. The quantitative estimate of drug-likeness (QED) is 0.0195. The van der Waals surface area contributed by atoms with Gasteiger partial charge >= 0.3 is 5.97 Å². The van der Waals surface area contributed by atoms with Crippen molar-refractivity contribution in [2.45, 2.75) is 288 Å². The highest BCUT2D eigenvalue weighted by atomic mass is 16.7. The third-order valence-electron chi connectivity index (χ3n) is 13.7. The van der Waals surface area contributed by atoms with E-state index in [2.05, 4.69) is 99.0 Å². The molecule has 1 aliphatic heterocycles. The molecular weight excluding hydrogens is 955 g/mol. The fraction of sp³-hybridized carbons (Fsp3) is 0.723. The number of hydrogen-bond donors (Lipinski definition) is 6. The van der Waals surface area contributed by atoms with Crippen LogP contribution in [-0.4, -0.2) is 99.6 Å². The molecule has 11 nitrogen and oxygen atoms in total. The molecule has 1 fully saturated rings. The molecule has 0 aliphatic carbocycles. The van der Waals surface area contributed by atoms with Gasteiger partial charge in [-0.25, -0.2) is 0 Å². The second kappa shape index (κ2) is 52.3. The van der Waals surface area contributed by atoms with Crippen molar-refractivity contribution in [1.29, 1.82) is 0 Å². The number of carbonyl (C=O) groups excluding carboxylic acids is 2. The Labute approximate surface area is 463 Å². The van der Waals surface area contributed by atoms with Gasteiger partial charge in [-0.1, -0.05) is 227 Å².